The largest absolute Gasteiger partial charge is 0.497 e. The highest BCUT2D eigenvalue weighted by atomic mass is 35.5. The lowest BCUT2D eigenvalue weighted by Crippen LogP contribution is -2.12. The van der Waals surface area contributed by atoms with E-state index in [-0.39, 0.29) is 29.2 Å². The molecule has 2 heterocycles. The van der Waals surface area contributed by atoms with Gasteiger partial charge in [0.05, 0.1) is 32.2 Å². The Morgan fingerprint density at radius 3 is 2.47 bits per heavy atom. The zero-order chi connectivity index (χ0) is 25.7. The minimum absolute atomic E-state index is 0.142. The van der Waals surface area contributed by atoms with E-state index in [1.165, 1.54) is 19.2 Å². The number of nitrogens with zero attached hydrogens (tertiary/aromatic N) is 3. The van der Waals surface area contributed by atoms with Crippen LogP contribution in [0, 0.1) is 0 Å². The Hall–Kier alpha value is -4.37. The van der Waals surface area contributed by atoms with E-state index in [9.17, 15) is 9.59 Å². The van der Waals surface area contributed by atoms with Crippen molar-refractivity contribution in [2.24, 2.45) is 0 Å². The molecule has 4 aromatic rings. The van der Waals surface area contributed by atoms with E-state index in [2.05, 4.69) is 15.4 Å². The number of aromatic nitrogens is 3. The highest BCUT2D eigenvalue weighted by Crippen LogP contribution is 2.28. The van der Waals surface area contributed by atoms with Crippen molar-refractivity contribution in [2.75, 3.05) is 26.1 Å². The van der Waals surface area contributed by atoms with Gasteiger partial charge in [-0.05, 0) is 55.5 Å². The second kappa shape index (κ2) is 10.9. The molecule has 1 N–H and O–H groups in total. The Morgan fingerprint density at radius 1 is 1.00 bits per heavy atom. The summed E-state index contributed by atoms with van der Waals surface area (Å²) in [5, 5.41) is 7.47. The number of esters is 1. The number of pyridine rings is 1. The Balaban J connectivity index is 1.70. The van der Waals surface area contributed by atoms with Gasteiger partial charge in [0, 0.05) is 22.9 Å². The standard InChI is InChI=1S/C26H23ClN4O5/c1-4-36-26(33)21-15-22(31(30-21)19-8-10-20(34-2)11-9-19)16-6-5-7-18(12-16)28-25(32)17-13-23(27)29-24(14-17)35-3/h5-15H,4H2,1-3H3,(H,28,32). The first kappa shape index (κ1) is 24.7. The number of hydrogen-bond donors (Lipinski definition) is 1. The predicted octanol–water partition coefficient (Wildman–Crippen LogP) is 5.03. The lowest BCUT2D eigenvalue weighted by Gasteiger charge is -2.11. The summed E-state index contributed by atoms with van der Waals surface area (Å²) in [4.78, 5) is 29.3. The minimum atomic E-state index is -0.529. The van der Waals surface area contributed by atoms with Gasteiger partial charge in [-0.25, -0.2) is 14.5 Å². The summed E-state index contributed by atoms with van der Waals surface area (Å²) < 4.78 is 17.1. The maximum atomic E-state index is 12.9. The number of carbonyl (C=O) groups excluding carboxylic acids is 2. The average molecular weight is 507 g/mol. The normalized spacial score (nSPS) is 10.6. The molecule has 0 fully saturated rings. The second-order valence-electron chi connectivity index (χ2n) is 7.50. The number of hydrogen-bond acceptors (Lipinski definition) is 7. The first-order valence-electron chi connectivity index (χ1n) is 11.0. The van der Waals surface area contributed by atoms with Gasteiger partial charge in [-0.15, -0.1) is 0 Å². The number of halogens is 1. The van der Waals surface area contributed by atoms with Crippen molar-refractivity contribution in [3.63, 3.8) is 0 Å². The van der Waals surface area contributed by atoms with Crippen LogP contribution < -0.4 is 14.8 Å². The van der Waals surface area contributed by atoms with Gasteiger partial charge in [-0.3, -0.25) is 4.79 Å². The minimum Gasteiger partial charge on any atom is -0.497 e. The Labute approximate surface area is 212 Å². The molecular weight excluding hydrogens is 484 g/mol. The molecule has 4 rings (SSSR count). The van der Waals surface area contributed by atoms with E-state index in [1.807, 2.05) is 18.2 Å². The fourth-order valence-corrected chi connectivity index (χ4v) is 3.68. The molecular formula is C26H23ClN4O5. The van der Waals surface area contributed by atoms with E-state index in [0.29, 0.717) is 28.4 Å². The van der Waals surface area contributed by atoms with Gasteiger partial charge in [0.2, 0.25) is 5.88 Å². The number of rotatable bonds is 8. The van der Waals surface area contributed by atoms with E-state index in [4.69, 9.17) is 25.8 Å². The molecule has 9 nitrogen and oxygen atoms in total. The highest BCUT2D eigenvalue weighted by molar-refractivity contribution is 6.30. The molecule has 0 aliphatic heterocycles. The summed E-state index contributed by atoms with van der Waals surface area (Å²) in [5.41, 5.74) is 3.06. The van der Waals surface area contributed by atoms with Gasteiger partial charge in [0.1, 0.15) is 10.9 Å². The number of methoxy groups -OCH3 is 2. The van der Waals surface area contributed by atoms with Crippen LogP contribution in [-0.2, 0) is 4.74 Å². The van der Waals surface area contributed by atoms with Crippen LogP contribution in [0.1, 0.15) is 27.8 Å². The fraction of sp³-hybridized carbons (Fsp3) is 0.154. The van der Waals surface area contributed by atoms with Gasteiger partial charge in [0.15, 0.2) is 5.69 Å². The van der Waals surface area contributed by atoms with Gasteiger partial charge in [-0.1, -0.05) is 23.7 Å². The molecule has 0 aliphatic rings. The van der Waals surface area contributed by atoms with Crippen molar-refractivity contribution in [3.8, 4) is 28.6 Å². The molecule has 1 amide bonds. The second-order valence-corrected chi connectivity index (χ2v) is 7.89. The van der Waals surface area contributed by atoms with Crippen LogP contribution in [0.25, 0.3) is 16.9 Å². The quantitative estimate of drug-likeness (QED) is 0.264. The number of amides is 1. The zero-order valence-corrected chi connectivity index (χ0v) is 20.6. The van der Waals surface area contributed by atoms with Crippen molar-refractivity contribution in [2.45, 2.75) is 6.92 Å². The summed E-state index contributed by atoms with van der Waals surface area (Å²) in [7, 11) is 3.03. The molecule has 2 aromatic heterocycles. The van der Waals surface area contributed by atoms with Crippen LogP contribution in [0.4, 0.5) is 5.69 Å². The number of benzene rings is 2. The molecule has 36 heavy (non-hydrogen) atoms. The summed E-state index contributed by atoms with van der Waals surface area (Å²) >= 11 is 6.00. The SMILES string of the molecule is CCOC(=O)c1cc(-c2cccc(NC(=O)c3cc(Cl)nc(OC)c3)c2)n(-c2ccc(OC)cc2)n1. The summed E-state index contributed by atoms with van der Waals surface area (Å²) in [6.07, 6.45) is 0. The number of ether oxygens (including phenoxy) is 3. The van der Waals surface area contributed by atoms with Crippen LogP contribution in [0.2, 0.25) is 5.15 Å². The Bertz CT molecular complexity index is 1400. The molecule has 0 radical (unpaired) electrons. The lowest BCUT2D eigenvalue weighted by atomic mass is 10.1. The van der Waals surface area contributed by atoms with Crippen LogP contribution in [0.15, 0.2) is 66.7 Å². The molecule has 0 saturated heterocycles. The third-order valence-corrected chi connectivity index (χ3v) is 5.36. The van der Waals surface area contributed by atoms with Crippen molar-refractivity contribution >= 4 is 29.2 Å². The van der Waals surface area contributed by atoms with E-state index in [0.717, 1.165) is 5.56 Å². The molecule has 2 aromatic carbocycles. The fourth-order valence-electron chi connectivity index (χ4n) is 3.48. The van der Waals surface area contributed by atoms with Gasteiger partial charge >= 0.3 is 5.97 Å². The van der Waals surface area contributed by atoms with E-state index in [1.54, 1.807) is 55.1 Å². The molecule has 0 atom stereocenters. The van der Waals surface area contributed by atoms with Crippen LogP contribution in [-0.4, -0.2) is 47.5 Å². The topological polar surface area (TPSA) is 105 Å². The van der Waals surface area contributed by atoms with Gasteiger partial charge in [-0.2, -0.15) is 5.10 Å². The molecule has 0 saturated carbocycles. The van der Waals surface area contributed by atoms with Crippen LogP contribution in [0.3, 0.4) is 0 Å². The summed E-state index contributed by atoms with van der Waals surface area (Å²) in [6, 6.07) is 19.0. The number of anilines is 1. The van der Waals surface area contributed by atoms with E-state index < -0.39 is 5.97 Å². The zero-order valence-electron chi connectivity index (χ0n) is 19.8. The van der Waals surface area contributed by atoms with Crippen molar-refractivity contribution in [3.05, 3.63) is 83.1 Å². The third kappa shape index (κ3) is 5.47. The molecule has 0 aliphatic carbocycles. The first-order valence-corrected chi connectivity index (χ1v) is 11.3. The van der Waals surface area contributed by atoms with E-state index >= 15 is 0 Å². The van der Waals surface area contributed by atoms with Gasteiger partial charge in [0.25, 0.3) is 5.91 Å². The van der Waals surface area contributed by atoms with Crippen LogP contribution >= 0.6 is 11.6 Å². The maximum Gasteiger partial charge on any atom is 0.358 e. The van der Waals surface area contributed by atoms with Crippen LogP contribution in [0.5, 0.6) is 11.6 Å². The Kier molecular flexibility index (Phi) is 7.50. The molecule has 0 spiro atoms. The lowest BCUT2D eigenvalue weighted by molar-refractivity contribution is 0.0519. The molecule has 10 heteroatoms. The smallest absolute Gasteiger partial charge is 0.358 e. The summed E-state index contributed by atoms with van der Waals surface area (Å²) in [5.74, 6) is 0.0107. The van der Waals surface area contributed by atoms with Crippen molar-refractivity contribution in [1.82, 2.24) is 14.8 Å². The molecule has 0 unspecified atom stereocenters. The Morgan fingerprint density at radius 2 is 1.78 bits per heavy atom. The molecule has 0 bridgehead atoms. The number of nitrogens with one attached hydrogen (secondary N) is 1. The van der Waals surface area contributed by atoms with Crippen molar-refractivity contribution in [1.29, 1.82) is 0 Å². The first-order chi connectivity index (χ1) is 17.4. The predicted molar refractivity (Wildman–Crippen MR) is 135 cm³/mol. The third-order valence-electron chi connectivity index (χ3n) is 5.17. The van der Waals surface area contributed by atoms with Crippen molar-refractivity contribution < 1.29 is 23.8 Å². The highest BCUT2D eigenvalue weighted by Gasteiger charge is 2.18. The number of carbonyl (C=O) groups is 2. The molecule has 184 valence electrons. The van der Waals surface area contributed by atoms with Gasteiger partial charge < -0.3 is 19.5 Å². The average Bonchev–Trinajstić information content (AvgIpc) is 3.34. The summed E-state index contributed by atoms with van der Waals surface area (Å²) in [6.45, 7) is 1.96. The maximum absolute atomic E-state index is 12.9. The monoisotopic (exact) mass is 506 g/mol.